The van der Waals surface area contributed by atoms with Gasteiger partial charge in [-0.15, -0.1) is 0 Å². The molecule has 1 aromatic heterocycles. The lowest BCUT2D eigenvalue weighted by molar-refractivity contribution is -0.149. The van der Waals surface area contributed by atoms with Crippen molar-refractivity contribution in [2.45, 2.75) is 45.3 Å². The summed E-state index contributed by atoms with van der Waals surface area (Å²) in [6.07, 6.45) is 1.40. The number of fused-ring (bicyclic) bond motifs is 2. The summed E-state index contributed by atoms with van der Waals surface area (Å²) < 4.78 is 5.77. The third kappa shape index (κ3) is 4.77. The van der Waals surface area contributed by atoms with E-state index in [0.29, 0.717) is 34.5 Å². The molecule has 38 heavy (non-hydrogen) atoms. The Bertz CT molecular complexity index is 1430. The number of nitrogens with one attached hydrogen (secondary N) is 1. The minimum Gasteiger partial charge on any atom is -0.455 e. The summed E-state index contributed by atoms with van der Waals surface area (Å²) in [4.78, 5) is 37.7. The second kappa shape index (κ2) is 9.41. The van der Waals surface area contributed by atoms with E-state index in [1.54, 1.807) is 23.1 Å². The van der Waals surface area contributed by atoms with Crippen LogP contribution in [0.15, 0.2) is 42.6 Å². The van der Waals surface area contributed by atoms with E-state index in [9.17, 15) is 14.7 Å². The normalized spacial score (nSPS) is 16.4. The highest BCUT2D eigenvalue weighted by atomic mass is 35.5. The summed E-state index contributed by atoms with van der Waals surface area (Å²) in [6, 6.07) is 10.9. The number of aromatic nitrogens is 2. The number of carbonyl (C=O) groups excluding carboxylic acids is 2. The van der Waals surface area contributed by atoms with Gasteiger partial charge in [-0.05, 0) is 49.2 Å². The average Bonchev–Trinajstić information content (AvgIpc) is 2.83. The standard InChI is InChI=1S/C27H27Cl2N5O4/c1-26(2)13-33(24(36)27(3,4)37)12-15-10-16(8-9-18(15)26)31-25-30-11-17-22(32-25)38-14-34(23(17)35)21-19(28)6-5-7-20(21)29/h5-11,37H,12-14H2,1-4H3,(H,30,31,32). The first kappa shape index (κ1) is 26.2. The summed E-state index contributed by atoms with van der Waals surface area (Å²) in [5.74, 6) is -0.296. The zero-order valence-electron chi connectivity index (χ0n) is 21.4. The van der Waals surface area contributed by atoms with Crippen LogP contribution in [0.4, 0.5) is 17.3 Å². The number of para-hydroxylation sites is 1. The monoisotopic (exact) mass is 555 g/mol. The molecule has 0 unspecified atom stereocenters. The van der Waals surface area contributed by atoms with Crippen molar-refractivity contribution in [1.29, 1.82) is 0 Å². The van der Waals surface area contributed by atoms with Gasteiger partial charge in [0.25, 0.3) is 11.8 Å². The Morgan fingerprint density at radius 2 is 1.89 bits per heavy atom. The molecule has 2 aliphatic heterocycles. The molecular weight excluding hydrogens is 529 g/mol. The Hall–Kier alpha value is -3.40. The van der Waals surface area contributed by atoms with Crippen molar-refractivity contribution in [3.05, 3.63) is 69.3 Å². The molecule has 2 aliphatic rings. The van der Waals surface area contributed by atoms with Crippen molar-refractivity contribution in [3.8, 4) is 5.88 Å². The molecule has 2 N–H and O–H groups in total. The van der Waals surface area contributed by atoms with E-state index < -0.39 is 5.60 Å². The Labute approximate surface area is 230 Å². The van der Waals surface area contributed by atoms with Gasteiger partial charge >= 0.3 is 0 Å². The van der Waals surface area contributed by atoms with Crippen LogP contribution in [0.5, 0.6) is 5.88 Å². The lowest BCUT2D eigenvalue weighted by Crippen LogP contribution is -2.51. The van der Waals surface area contributed by atoms with Gasteiger partial charge in [0.15, 0.2) is 6.73 Å². The summed E-state index contributed by atoms with van der Waals surface area (Å²) in [5, 5.41) is 14.1. The molecule has 5 rings (SSSR count). The Morgan fingerprint density at radius 1 is 1.18 bits per heavy atom. The van der Waals surface area contributed by atoms with Gasteiger partial charge in [-0.1, -0.05) is 49.2 Å². The Balaban J connectivity index is 1.38. The molecule has 0 spiro atoms. The molecule has 2 aromatic carbocycles. The van der Waals surface area contributed by atoms with Crippen molar-refractivity contribution in [2.24, 2.45) is 0 Å². The molecular formula is C27H27Cl2N5O4. The number of hydrogen-bond acceptors (Lipinski definition) is 7. The van der Waals surface area contributed by atoms with E-state index in [1.165, 1.54) is 24.9 Å². The van der Waals surface area contributed by atoms with E-state index in [-0.39, 0.29) is 41.4 Å². The fraction of sp³-hybridized carbons (Fsp3) is 0.333. The van der Waals surface area contributed by atoms with Crippen molar-refractivity contribution >= 4 is 52.3 Å². The molecule has 3 aromatic rings. The quantitative estimate of drug-likeness (QED) is 0.470. The van der Waals surface area contributed by atoms with Crippen molar-refractivity contribution in [2.75, 3.05) is 23.5 Å². The maximum absolute atomic E-state index is 13.1. The molecule has 2 amide bonds. The number of nitrogens with zero attached hydrogens (tertiary/aromatic N) is 4. The molecule has 0 bridgehead atoms. The van der Waals surface area contributed by atoms with Crippen LogP contribution >= 0.6 is 23.2 Å². The van der Waals surface area contributed by atoms with E-state index in [4.69, 9.17) is 27.9 Å². The van der Waals surface area contributed by atoms with Gasteiger partial charge in [-0.3, -0.25) is 14.5 Å². The summed E-state index contributed by atoms with van der Waals surface area (Å²) in [5.41, 5.74) is 1.60. The van der Waals surface area contributed by atoms with E-state index in [2.05, 4.69) is 29.1 Å². The third-order valence-electron chi connectivity index (χ3n) is 6.62. The van der Waals surface area contributed by atoms with Gasteiger partial charge in [0.05, 0.1) is 15.7 Å². The van der Waals surface area contributed by atoms with Crippen LogP contribution in [0.2, 0.25) is 10.0 Å². The topological polar surface area (TPSA) is 108 Å². The van der Waals surface area contributed by atoms with Gasteiger partial charge in [0.1, 0.15) is 11.2 Å². The van der Waals surface area contributed by atoms with Gasteiger partial charge in [-0.25, -0.2) is 4.98 Å². The molecule has 9 nitrogen and oxygen atoms in total. The highest BCUT2D eigenvalue weighted by molar-refractivity contribution is 6.40. The number of benzene rings is 2. The van der Waals surface area contributed by atoms with Gasteiger partial charge < -0.3 is 20.1 Å². The lowest BCUT2D eigenvalue weighted by Gasteiger charge is -2.41. The smallest absolute Gasteiger partial charge is 0.268 e. The number of halogens is 2. The first-order chi connectivity index (χ1) is 17.8. The number of carbonyl (C=O) groups is 2. The molecule has 0 saturated heterocycles. The van der Waals surface area contributed by atoms with Gasteiger partial charge in [0, 0.05) is 30.4 Å². The Morgan fingerprint density at radius 3 is 2.58 bits per heavy atom. The van der Waals surface area contributed by atoms with Gasteiger partial charge in [-0.2, -0.15) is 4.98 Å². The number of ether oxygens (including phenoxy) is 1. The van der Waals surface area contributed by atoms with Crippen LogP contribution < -0.4 is 15.0 Å². The second-order valence-electron chi connectivity index (χ2n) is 10.6. The molecule has 198 valence electrons. The zero-order valence-corrected chi connectivity index (χ0v) is 22.9. The van der Waals surface area contributed by atoms with Crippen LogP contribution in [0.3, 0.4) is 0 Å². The number of amides is 2. The third-order valence-corrected chi connectivity index (χ3v) is 7.23. The van der Waals surface area contributed by atoms with E-state index in [1.807, 2.05) is 18.2 Å². The summed E-state index contributed by atoms with van der Waals surface area (Å²) in [7, 11) is 0. The number of rotatable bonds is 4. The first-order valence-electron chi connectivity index (χ1n) is 12.0. The number of anilines is 3. The second-order valence-corrected chi connectivity index (χ2v) is 11.4. The molecule has 0 aliphatic carbocycles. The van der Waals surface area contributed by atoms with Crippen LogP contribution in [0.1, 0.15) is 49.2 Å². The molecule has 0 fully saturated rings. The summed E-state index contributed by atoms with van der Waals surface area (Å²) >= 11 is 12.6. The maximum atomic E-state index is 13.1. The predicted octanol–water partition coefficient (Wildman–Crippen LogP) is 4.91. The van der Waals surface area contributed by atoms with Crippen LogP contribution in [0, 0.1) is 0 Å². The van der Waals surface area contributed by atoms with Crippen molar-refractivity contribution in [3.63, 3.8) is 0 Å². The lowest BCUT2D eigenvalue weighted by atomic mass is 9.78. The molecule has 11 heteroatoms. The minimum absolute atomic E-state index is 0.106. The van der Waals surface area contributed by atoms with Crippen LogP contribution in [-0.4, -0.2) is 50.7 Å². The number of hydrogen-bond donors (Lipinski definition) is 2. The highest BCUT2D eigenvalue weighted by Gasteiger charge is 2.38. The predicted molar refractivity (Wildman–Crippen MR) is 145 cm³/mol. The largest absolute Gasteiger partial charge is 0.455 e. The van der Waals surface area contributed by atoms with Crippen molar-refractivity contribution in [1.82, 2.24) is 14.9 Å². The Kier molecular flexibility index (Phi) is 6.49. The van der Waals surface area contributed by atoms with Gasteiger partial charge in [0.2, 0.25) is 11.8 Å². The highest BCUT2D eigenvalue weighted by Crippen LogP contribution is 2.38. The average molecular weight is 556 g/mol. The minimum atomic E-state index is -1.45. The van der Waals surface area contributed by atoms with E-state index >= 15 is 0 Å². The molecule has 0 atom stereocenters. The zero-order chi connectivity index (χ0) is 27.4. The summed E-state index contributed by atoms with van der Waals surface area (Å²) in [6.45, 7) is 7.92. The number of aliphatic hydroxyl groups is 1. The fourth-order valence-electron chi connectivity index (χ4n) is 4.87. The molecule has 0 radical (unpaired) electrons. The van der Waals surface area contributed by atoms with Crippen molar-refractivity contribution < 1.29 is 19.4 Å². The SMILES string of the molecule is CC(C)(O)C(=O)N1Cc2cc(Nc3ncc4c(n3)OCN(c3c(Cl)cccc3Cl)C4=O)ccc2C(C)(C)C1. The fourth-order valence-corrected chi connectivity index (χ4v) is 5.47. The first-order valence-corrected chi connectivity index (χ1v) is 12.8. The molecule has 0 saturated carbocycles. The van der Waals surface area contributed by atoms with E-state index in [0.717, 1.165) is 11.1 Å². The van der Waals surface area contributed by atoms with Crippen LogP contribution in [-0.2, 0) is 16.8 Å². The van der Waals surface area contributed by atoms with Crippen LogP contribution in [0.25, 0.3) is 0 Å². The maximum Gasteiger partial charge on any atom is 0.268 e. The molecule has 3 heterocycles.